The van der Waals surface area contributed by atoms with Crippen molar-refractivity contribution in [3.8, 4) is 5.75 Å². The Hall–Kier alpha value is -1.10. The van der Waals surface area contributed by atoms with Crippen LogP contribution in [0.15, 0.2) is 24.3 Å². The summed E-state index contributed by atoms with van der Waals surface area (Å²) in [5.74, 6) is 1.33. The molecule has 1 aromatic carbocycles. The van der Waals surface area contributed by atoms with Crippen molar-refractivity contribution in [2.75, 3.05) is 39.8 Å². The van der Waals surface area contributed by atoms with Gasteiger partial charge in [-0.1, -0.05) is 19.1 Å². The summed E-state index contributed by atoms with van der Waals surface area (Å²) in [5, 5.41) is 3.37. The van der Waals surface area contributed by atoms with E-state index in [1.807, 2.05) is 12.1 Å². The summed E-state index contributed by atoms with van der Waals surface area (Å²) in [7, 11) is 1.68. The van der Waals surface area contributed by atoms with Gasteiger partial charge in [0.05, 0.1) is 7.11 Å². The van der Waals surface area contributed by atoms with Gasteiger partial charge in [0, 0.05) is 38.8 Å². The molecule has 2 rings (SSSR count). The van der Waals surface area contributed by atoms with E-state index in [-0.39, 0.29) is 6.04 Å². The fourth-order valence-corrected chi connectivity index (χ4v) is 2.57. The molecule has 1 heterocycles. The van der Waals surface area contributed by atoms with Crippen molar-refractivity contribution in [2.45, 2.75) is 13.0 Å². The van der Waals surface area contributed by atoms with Gasteiger partial charge in [-0.2, -0.15) is 0 Å². The summed E-state index contributed by atoms with van der Waals surface area (Å²) in [6.07, 6.45) is 0. The topological polar surface area (TPSA) is 50.5 Å². The Morgan fingerprint density at radius 3 is 2.47 bits per heavy atom. The predicted octanol–water partition coefficient (Wildman–Crippen LogP) is 1.24. The first-order valence-corrected chi connectivity index (χ1v) is 7.03. The van der Waals surface area contributed by atoms with E-state index in [4.69, 9.17) is 10.5 Å². The van der Waals surface area contributed by atoms with Gasteiger partial charge in [0.1, 0.15) is 5.75 Å². The number of ether oxygens (including phenoxy) is 1. The molecule has 2 unspecified atom stereocenters. The average Bonchev–Trinajstić information content (AvgIpc) is 2.47. The number of nitrogens with two attached hydrogens (primary N) is 1. The van der Waals surface area contributed by atoms with Crippen LogP contribution in [-0.4, -0.2) is 44.7 Å². The number of piperazine rings is 1. The summed E-state index contributed by atoms with van der Waals surface area (Å²) in [5.41, 5.74) is 7.55. The lowest BCUT2D eigenvalue weighted by Crippen LogP contribution is -2.46. The largest absolute Gasteiger partial charge is 0.497 e. The van der Waals surface area contributed by atoms with E-state index in [9.17, 15) is 0 Å². The average molecular weight is 263 g/mol. The monoisotopic (exact) mass is 263 g/mol. The molecule has 1 aliphatic rings. The fourth-order valence-electron chi connectivity index (χ4n) is 2.57. The molecule has 0 saturated carbocycles. The van der Waals surface area contributed by atoms with E-state index in [0.29, 0.717) is 5.92 Å². The highest BCUT2D eigenvalue weighted by Gasteiger charge is 2.19. The van der Waals surface area contributed by atoms with E-state index in [2.05, 4.69) is 29.3 Å². The van der Waals surface area contributed by atoms with Crippen LogP contribution >= 0.6 is 0 Å². The molecule has 3 N–H and O–H groups in total. The number of methoxy groups -OCH3 is 1. The molecule has 1 fully saturated rings. The van der Waals surface area contributed by atoms with Crippen LogP contribution in [0.1, 0.15) is 18.5 Å². The van der Waals surface area contributed by atoms with Crippen LogP contribution in [0.25, 0.3) is 0 Å². The summed E-state index contributed by atoms with van der Waals surface area (Å²) in [6.45, 7) is 7.72. The van der Waals surface area contributed by atoms with Crippen LogP contribution in [0.5, 0.6) is 5.75 Å². The first-order valence-electron chi connectivity index (χ1n) is 7.03. The predicted molar refractivity (Wildman–Crippen MR) is 78.4 cm³/mol. The van der Waals surface area contributed by atoms with E-state index in [1.54, 1.807) is 7.11 Å². The maximum Gasteiger partial charge on any atom is 0.118 e. The molecule has 0 radical (unpaired) electrons. The zero-order valence-electron chi connectivity index (χ0n) is 11.9. The van der Waals surface area contributed by atoms with E-state index < -0.39 is 0 Å². The van der Waals surface area contributed by atoms with Gasteiger partial charge in [0.15, 0.2) is 0 Å². The van der Waals surface area contributed by atoms with E-state index in [1.165, 1.54) is 5.56 Å². The first-order chi connectivity index (χ1) is 9.20. The minimum Gasteiger partial charge on any atom is -0.497 e. The van der Waals surface area contributed by atoms with Crippen molar-refractivity contribution < 1.29 is 4.74 Å². The second-order valence-corrected chi connectivity index (χ2v) is 5.33. The molecule has 2 atom stereocenters. The number of nitrogens with one attached hydrogen (secondary N) is 1. The van der Waals surface area contributed by atoms with E-state index in [0.717, 1.165) is 38.5 Å². The third-order valence-electron chi connectivity index (χ3n) is 3.87. The summed E-state index contributed by atoms with van der Waals surface area (Å²) in [4.78, 5) is 2.49. The third-order valence-corrected chi connectivity index (χ3v) is 3.87. The highest BCUT2D eigenvalue weighted by atomic mass is 16.5. The summed E-state index contributed by atoms with van der Waals surface area (Å²) < 4.78 is 5.17. The van der Waals surface area contributed by atoms with Crippen molar-refractivity contribution in [3.63, 3.8) is 0 Å². The van der Waals surface area contributed by atoms with Gasteiger partial charge in [0.2, 0.25) is 0 Å². The summed E-state index contributed by atoms with van der Waals surface area (Å²) in [6, 6.07) is 8.18. The van der Waals surface area contributed by atoms with Crippen molar-refractivity contribution in [3.05, 3.63) is 29.8 Å². The Labute approximate surface area is 115 Å². The van der Waals surface area contributed by atoms with Crippen LogP contribution in [0, 0.1) is 5.92 Å². The molecule has 4 heteroatoms. The molecule has 0 amide bonds. The molecule has 19 heavy (non-hydrogen) atoms. The molecule has 0 bridgehead atoms. The van der Waals surface area contributed by atoms with Crippen LogP contribution in [0.2, 0.25) is 0 Å². The molecule has 0 spiro atoms. The normalized spacial score (nSPS) is 19.9. The summed E-state index contributed by atoms with van der Waals surface area (Å²) >= 11 is 0. The molecule has 1 aromatic rings. The first kappa shape index (κ1) is 14.3. The lowest BCUT2D eigenvalue weighted by molar-refractivity contribution is 0.199. The number of benzene rings is 1. The van der Waals surface area contributed by atoms with Crippen LogP contribution in [0.4, 0.5) is 0 Å². The lowest BCUT2D eigenvalue weighted by Gasteiger charge is -2.31. The Kier molecular flexibility index (Phi) is 5.19. The smallest absolute Gasteiger partial charge is 0.118 e. The van der Waals surface area contributed by atoms with Gasteiger partial charge in [0.25, 0.3) is 0 Å². The zero-order valence-corrected chi connectivity index (χ0v) is 11.9. The van der Waals surface area contributed by atoms with Crippen molar-refractivity contribution >= 4 is 0 Å². The van der Waals surface area contributed by atoms with Crippen LogP contribution in [0.3, 0.4) is 0 Å². The molecule has 1 saturated heterocycles. The Morgan fingerprint density at radius 1 is 1.26 bits per heavy atom. The van der Waals surface area contributed by atoms with Gasteiger partial charge < -0.3 is 20.7 Å². The van der Waals surface area contributed by atoms with Crippen molar-refractivity contribution in [1.82, 2.24) is 10.2 Å². The Morgan fingerprint density at radius 2 is 1.89 bits per heavy atom. The van der Waals surface area contributed by atoms with Gasteiger partial charge >= 0.3 is 0 Å². The second-order valence-electron chi connectivity index (χ2n) is 5.33. The maximum atomic E-state index is 6.36. The van der Waals surface area contributed by atoms with Gasteiger partial charge in [-0.05, 0) is 23.6 Å². The van der Waals surface area contributed by atoms with Crippen LogP contribution < -0.4 is 15.8 Å². The second kappa shape index (κ2) is 6.89. The number of nitrogens with zero attached hydrogens (tertiary/aromatic N) is 1. The molecular formula is C15H25N3O. The molecule has 0 aromatic heterocycles. The minimum absolute atomic E-state index is 0.0841. The third kappa shape index (κ3) is 3.93. The minimum atomic E-state index is 0.0841. The number of hydrogen-bond acceptors (Lipinski definition) is 4. The standard InChI is InChI=1S/C15H25N3O/c1-12(11-18-9-7-17-8-10-18)15(16)13-3-5-14(19-2)6-4-13/h3-6,12,15,17H,7-11,16H2,1-2H3. The highest BCUT2D eigenvalue weighted by Crippen LogP contribution is 2.22. The number of rotatable bonds is 5. The molecular weight excluding hydrogens is 238 g/mol. The molecule has 4 nitrogen and oxygen atoms in total. The van der Waals surface area contributed by atoms with Gasteiger partial charge in [-0.3, -0.25) is 0 Å². The van der Waals surface area contributed by atoms with Gasteiger partial charge in [-0.25, -0.2) is 0 Å². The lowest BCUT2D eigenvalue weighted by atomic mass is 9.94. The maximum absolute atomic E-state index is 6.36. The Bertz CT molecular complexity index is 373. The van der Waals surface area contributed by atoms with E-state index >= 15 is 0 Å². The molecule has 0 aliphatic carbocycles. The SMILES string of the molecule is COc1ccc(C(N)C(C)CN2CCNCC2)cc1. The van der Waals surface area contributed by atoms with Crippen LogP contribution in [-0.2, 0) is 0 Å². The quantitative estimate of drug-likeness (QED) is 0.839. The molecule has 106 valence electrons. The molecule has 1 aliphatic heterocycles. The Balaban J connectivity index is 1.91. The van der Waals surface area contributed by atoms with Crippen molar-refractivity contribution in [2.24, 2.45) is 11.7 Å². The number of hydrogen-bond donors (Lipinski definition) is 2. The highest BCUT2D eigenvalue weighted by molar-refractivity contribution is 5.29. The fraction of sp³-hybridized carbons (Fsp3) is 0.600. The van der Waals surface area contributed by atoms with Gasteiger partial charge in [-0.15, -0.1) is 0 Å². The van der Waals surface area contributed by atoms with Crippen molar-refractivity contribution in [1.29, 1.82) is 0 Å². The zero-order chi connectivity index (χ0) is 13.7.